The zero-order valence-electron chi connectivity index (χ0n) is 15.9. The summed E-state index contributed by atoms with van der Waals surface area (Å²) in [5.41, 5.74) is 0.207. The van der Waals surface area contributed by atoms with Crippen LogP contribution in [0.5, 0.6) is 0 Å². The summed E-state index contributed by atoms with van der Waals surface area (Å²) in [5.74, 6) is 2.52. The van der Waals surface area contributed by atoms with Crippen LogP contribution in [-0.2, 0) is 13.6 Å². The molecule has 25 heavy (non-hydrogen) atoms. The van der Waals surface area contributed by atoms with Crippen molar-refractivity contribution in [2.24, 2.45) is 24.8 Å². The van der Waals surface area contributed by atoms with Crippen LogP contribution in [0, 0.1) is 17.8 Å². The number of aryl methyl sites for hydroxylation is 2. The topological polar surface area (TPSA) is 75.9 Å². The Bertz CT molecular complexity index is 866. The van der Waals surface area contributed by atoms with Crippen LogP contribution >= 0.6 is 0 Å². The lowest BCUT2D eigenvalue weighted by Gasteiger charge is -2.35. The lowest BCUT2D eigenvalue weighted by Crippen LogP contribution is -2.40. The van der Waals surface area contributed by atoms with Gasteiger partial charge in [-0.2, -0.15) is 4.98 Å². The van der Waals surface area contributed by atoms with Crippen LogP contribution in [0.15, 0.2) is 9.59 Å². The first-order chi connectivity index (χ1) is 11.8. The lowest BCUT2D eigenvalue weighted by molar-refractivity contribution is 0.350. The highest BCUT2D eigenvalue weighted by Crippen LogP contribution is 2.28. The third-order valence-corrected chi connectivity index (χ3v) is 5.07. The Labute approximate surface area is 147 Å². The van der Waals surface area contributed by atoms with Crippen LogP contribution < -0.4 is 16.1 Å². The molecule has 0 aliphatic carbocycles. The van der Waals surface area contributed by atoms with Crippen molar-refractivity contribution in [1.29, 1.82) is 0 Å². The first kappa shape index (κ1) is 17.8. The van der Waals surface area contributed by atoms with Crippen molar-refractivity contribution in [3.8, 4) is 0 Å². The minimum atomic E-state index is -0.419. The first-order valence-corrected chi connectivity index (χ1v) is 9.22. The monoisotopic (exact) mass is 347 g/mol. The zero-order valence-corrected chi connectivity index (χ0v) is 15.9. The predicted molar refractivity (Wildman–Crippen MR) is 100 cm³/mol. The molecule has 1 aliphatic heterocycles. The molecule has 2 aromatic rings. The third-order valence-electron chi connectivity index (χ3n) is 5.07. The van der Waals surface area contributed by atoms with E-state index in [0.717, 1.165) is 32.0 Å². The molecule has 138 valence electrons. The Morgan fingerprint density at radius 2 is 1.84 bits per heavy atom. The summed E-state index contributed by atoms with van der Waals surface area (Å²) in [5, 5.41) is 0. The van der Waals surface area contributed by atoms with E-state index in [1.165, 1.54) is 11.0 Å². The molecule has 3 rings (SSSR count). The highest BCUT2D eigenvalue weighted by molar-refractivity contribution is 5.74. The van der Waals surface area contributed by atoms with Crippen LogP contribution in [0.25, 0.3) is 11.2 Å². The van der Waals surface area contributed by atoms with Crippen molar-refractivity contribution >= 4 is 17.1 Å². The molecule has 1 fully saturated rings. The van der Waals surface area contributed by atoms with E-state index in [9.17, 15) is 9.59 Å². The van der Waals surface area contributed by atoms with E-state index in [-0.39, 0.29) is 5.56 Å². The fraction of sp³-hybridized carbons (Fsp3) is 0.722. The number of H-pyrrole nitrogens is 1. The second-order valence-electron chi connectivity index (χ2n) is 8.09. The molecule has 7 heteroatoms. The first-order valence-electron chi connectivity index (χ1n) is 9.22. The van der Waals surface area contributed by atoms with Gasteiger partial charge >= 0.3 is 5.69 Å². The SMILES string of the molecule is CC(C)CCn1c(N2C[C@H](C)C[C@@H](C)C2)nc2c1c(=O)[nH]c(=O)n2C. The van der Waals surface area contributed by atoms with E-state index < -0.39 is 5.69 Å². The molecule has 0 saturated carbocycles. The Hall–Kier alpha value is -2.05. The second-order valence-corrected chi connectivity index (χ2v) is 8.09. The number of hydrogen-bond acceptors (Lipinski definition) is 4. The quantitative estimate of drug-likeness (QED) is 0.917. The number of piperidine rings is 1. The summed E-state index contributed by atoms with van der Waals surface area (Å²) in [7, 11) is 1.66. The molecule has 1 saturated heterocycles. The number of hydrogen-bond donors (Lipinski definition) is 1. The summed E-state index contributed by atoms with van der Waals surface area (Å²) in [4.78, 5) is 33.9. The van der Waals surface area contributed by atoms with Gasteiger partial charge in [-0.1, -0.05) is 27.7 Å². The maximum atomic E-state index is 12.5. The van der Waals surface area contributed by atoms with Crippen molar-refractivity contribution in [2.75, 3.05) is 18.0 Å². The fourth-order valence-corrected chi connectivity index (χ4v) is 3.89. The Balaban J connectivity index is 2.17. The van der Waals surface area contributed by atoms with Crippen molar-refractivity contribution in [3.63, 3.8) is 0 Å². The molecule has 2 aromatic heterocycles. The van der Waals surface area contributed by atoms with Gasteiger partial charge in [0.25, 0.3) is 5.56 Å². The number of aromatic amines is 1. The molecule has 0 spiro atoms. The van der Waals surface area contributed by atoms with Crippen molar-refractivity contribution in [1.82, 2.24) is 19.1 Å². The molecule has 2 atom stereocenters. The number of rotatable bonds is 4. The van der Waals surface area contributed by atoms with Crippen LogP contribution in [0.2, 0.25) is 0 Å². The second kappa shape index (κ2) is 6.69. The number of imidazole rings is 1. The molecule has 7 nitrogen and oxygen atoms in total. The third kappa shape index (κ3) is 3.37. The molecular weight excluding hydrogens is 318 g/mol. The van der Waals surface area contributed by atoms with Gasteiger partial charge in [0.15, 0.2) is 11.2 Å². The summed E-state index contributed by atoms with van der Waals surface area (Å²) in [6.07, 6.45) is 2.17. The van der Waals surface area contributed by atoms with Gasteiger partial charge < -0.3 is 9.47 Å². The van der Waals surface area contributed by atoms with E-state index in [1.54, 1.807) is 7.05 Å². The summed E-state index contributed by atoms with van der Waals surface area (Å²) in [6.45, 7) is 11.4. The molecule has 0 radical (unpaired) electrons. The van der Waals surface area contributed by atoms with Gasteiger partial charge in [0, 0.05) is 26.7 Å². The van der Waals surface area contributed by atoms with Gasteiger partial charge in [-0.05, 0) is 30.6 Å². The van der Waals surface area contributed by atoms with E-state index in [4.69, 9.17) is 4.98 Å². The maximum absolute atomic E-state index is 12.5. The number of nitrogens with one attached hydrogen (secondary N) is 1. The highest BCUT2D eigenvalue weighted by atomic mass is 16.2. The fourth-order valence-electron chi connectivity index (χ4n) is 3.89. The summed E-state index contributed by atoms with van der Waals surface area (Å²) < 4.78 is 3.45. The molecule has 1 N–H and O–H groups in total. The normalized spacial score (nSPS) is 21.4. The van der Waals surface area contributed by atoms with Gasteiger partial charge in [-0.3, -0.25) is 14.3 Å². The zero-order chi connectivity index (χ0) is 18.3. The molecule has 0 bridgehead atoms. The Morgan fingerprint density at radius 1 is 1.20 bits per heavy atom. The Morgan fingerprint density at radius 3 is 2.44 bits per heavy atom. The standard InChI is InChI=1S/C18H29N5O2/c1-11(2)6-7-23-14-15(21(5)18(25)20-16(14)24)19-17(23)22-9-12(3)8-13(4)10-22/h11-13H,6-10H2,1-5H3,(H,20,24,25)/t12-,13-/m1/s1. The van der Waals surface area contributed by atoms with Crippen molar-refractivity contribution < 1.29 is 0 Å². The van der Waals surface area contributed by atoms with E-state index in [1.807, 2.05) is 4.57 Å². The predicted octanol–water partition coefficient (Wildman–Crippen LogP) is 1.95. The van der Waals surface area contributed by atoms with Crippen LogP contribution in [0.4, 0.5) is 5.95 Å². The van der Waals surface area contributed by atoms with Gasteiger partial charge in [0.05, 0.1) is 0 Å². The number of fused-ring (bicyclic) bond motifs is 1. The Kier molecular flexibility index (Phi) is 4.75. The molecule has 0 aromatic carbocycles. The van der Waals surface area contributed by atoms with Crippen LogP contribution in [0.3, 0.4) is 0 Å². The minimum absolute atomic E-state index is 0.348. The van der Waals surface area contributed by atoms with Gasteiger partial charge in [0.2, 0.25) is 5.95 Å². The molecule has 0 amide bonds. The molecular formula is C18H29N5O2. The van der Waals surface area contributed by atoms with E-state index in [2.05, 4.69) is 37.6 Å². The summed E-state index contributed by atoms with van der Waals surface area (Å²) in [6, 6.07) is 0. The molecule has 3 heterocycles. The van der Waals surface area contributed by atoms with Crippen LogP contribution in [-0.4, -0.2) is 32.2 Å². The average molecular weight is 347 g/mol. The van der Waals surface area contributed by atoms with Gasteiger partial charge in [0.1, 0.15) is 0 Å². The van der Waals surface area contributed by atoms with Gasteiger partial charge in [-0.25, -0.2) is 4.79 Å². The summed E-state index contributed by atoms with van der Waals surface area (Å²) >= 11 is 0. The average Bonchev–Trinajstić information content (AvgIpc) is 2.90. The molecule has 1 aliphatic rings. The van der Waals surface area contributed by atoms with Gasteiger partial charge in [-0.15, -0.1) is 0 Å². The largest absolute Gasteiger partial charge is 0.342 e. The van der Waals surface area contributed by atoms with E-state index >= 15 is 0 Å². The lowest BCUT2D eigenvalue weighted by atomic mass is 9.92. The van der Waals surface area contributed by atoms with Crippen molar-refractivity contribution in [3.05, 3.63) is 20.8 Å². The van der Waals surface area contributed by atoms with Crippen LogP contribution in [0.1, 0.15) is 40.5 Å². The maximum Gasteiger partial charge on any atom is 0.329 e. The van der Waals surface area contributed by atoms with Crippen molar-refractivity contribution in [2.45, 2.75) is 47.1 Å². The smallest absolute Gasteiger partial charge is 0.329 e. The number of anilines is 1. The minimum Gasteiger partial charge on any atom is -0.342 e. The highest BCUT2D eigenvalue weighted by Gasteiger charge is 2.27. The number of aromatic nitrogens is 4. The van der Waals surface area contributed by atoms with E-state index in [0.29, 0.717) is 28.9 Å². The number of nitrogens with zero attached hydrogens (tertiary/aromatic N) is 4. The molecule has 0 unspecified atom stereocenters.